The van der Waals surface area contributed by atoms with E-state index in [1.165, 1.54) is 6.07 Å². The molecule has 1 aliphatic heterocycles. The number of nitrogens with one attached hydrogen (secondary N) is 2. The van der Waals surface area contributed by atoms with Crippen LogP contribution in [0, 0.1) is 0 Å². The molecule has 7 heteroatoms. The Morgan fingerprint density at radius 1 is 1.50 bits per heavy atom. The lowest BCUT2D eigenvalue weighted by Crippen LogP contribution is -2.48. The average molecular weight is 297 g/mol. The molecule has 0 bridgehead atoms. The summed E-state index contributed by atoms with van der Waals surface area (Å²) in [6.45, 7) is 0.530. The maximum Gasteiger partial charge on any atom is 0.251 e. The van der Waals surface area contributed by atoms with Gasteiger partial charge in [0, 0.05) is 38.7 Å². The molecule has 1 aromatic heterocycles. The van der Waals surface area contributed by atoms with E-state index in [1.807, 2.05) is 0 Å². The zero-order valence-corrected chi connectivity index (χ0v) is 12.2. The first-order chi connectivity index (χ1) is 9.49. The van der Waals surface area contributed by atoms with Gasteiger partial charge in [0.1, 0.15) is 11.0 Å². The van der Waals surface area contributed by atoms with Crippen LogP contribution in [0.3, 0.4) is 0 Å². The van der Waals surface area contributed by atoms with E-state index in [-0.39, 0.29) is 23.0 Å². The van der Waals surface area contributed by atoms with Gasteiger partial charge in [-0.3, -0.25) is 9.59 Å². The SMILES string of the molecule is CNc1cc(C(=O)NC2CCC(=O)N(C)C2)cc(Cl)n1. The summed E-state index contributed by atoms with van der Waals surface area (Å²) in [7, 11) is 3.45. The van der Waals surface area contributed by atoms with Gasteiger partial charge in [0.2, 0.25) is 5.91 Å². The first-order valence-electron chi connectivity index (χ1n) is 6.39. The van der Waals surface area contributed by atoms with Gasteiger partial charge < -0.3 is 15.5 Å². The highest BCUT2D eigenvalue weighted by atomic mass is 35.5. The number of aromatic nitrogens is 1. The Bertz CT molecular complexity index is 535. The van der Waals surface area contributed by atoms with Gasteiger partial charge in [0.25, 0.3) is 5.91 Å². The molecule has 0 aromatic carbocycles. The molecule has 2 amide bonds. The summed E-state index contributed by atoms with van der Waals surface area (Å²) in [6, 6.07) is 3.13. The molecule has 2 heterocycles. The number of halogens is 1. The third-order valence-corrected chi connectivity index (χ3v) is 3.47. The van der Waals surface area contributed by atoms with Crippen LogP contribution in [-0.2, 0) is 4.79 Å². The lowest BCUT2D eigenvalue weighted by Gasteiger charge is -2.30. The Labute approximate surface area is 122 Å². The van der Waals surface area contributed by atoms with Crippen molar-refractivity contribution in [3.8, 4) is 0 Å². The fourth-order valence-corrected chi connectivity index (χ4v) is 2.36. The summed E-state index contributed by atoms with van der Waals surface area (Å²) >= 11 is 5.87. The van der Waals surface area contributed by atoms with Crippen LogP contribution < -0.4 is 10.6 Å². The molecule has 108 valence electrons. The Hall–Kier alpha value is -1.82. The maximum atomic E-state index is 12.2. The second-order valence-corrected chi connectivity index (χ2v) is 5.18. The fourth-order valence-electron chi connectivity index (χ4n) is 2.15. The minimum Gasteiger partial charge on any atom is -0.373 e. The Morgan fingerprint density at radius 3 is 2.90 bits per heavy atom. The molecule has 0 radical (unpaired) electrons. The van der Waals surface area contributed by atoms with Gasteiger partial charge in [-0.2, -0.15) is 0 Å². The molecule has 1 aromatic rings. The zero-order chi connectivity index (χ0) is 14.7. The number of amides is 2. The van der Waals surface area contributed by atoms with Crippen molar-refractivity contribution in [2.45, 2.75) is 18.9 Å². The van der Waals surface area contributed by atoms with Crippen molar-refractivity contribution in [3.05, 3.63) is 22.8 Å². The van der Waals surface area contributed by atoms with Gasteiger partial charge in [0.15, 0.2) is 0 Å². The van der Waals surface area contributed by atoms with E-state index in [0.717, 1.165) is 0 Å². The number of rotatable bonds is 3. The molecule has 20 heavy (non-hydrogen) atoms. The van der Waals surface area contributed by atoms with Crippen LogP contribution in [0.25, 0.3) is 0 Å². The zero-order valence-electron chi connectivity index (χ0n) is 11.4. The van der Waals surface area contributed by atoms with Crippen molar-refractivity contribution < 1.29 is 9.59 Å². The fraction of sp³-hybridized carbons (Fsp3) is 0.462. The Kier molecular flexibility index (Phi) is 4.44. The first-order valence-corrected chi connectivity index (χ1v) is 6.77. The number of carbonyl (C=O) groups is 2. The van der Waals surface area contributed by atoms with E-state index in [4.69, 9.17) is 11.6 Å². The molecule has 1 atom stereocenters. The van der Waals surface area contributed by atoms with E-state index in [9.17, 15) is 9.59 Å². The normalized spacial score (nSPS) is 18.9. The van der Waals surface area contributed by atoms with Crippen molar-refractivity contribution in [1.29, 1.82) is 0 Å². The van der Waals surface area contributed by atoms with E-state index in [1.54, 1.807) is 25.1 Å². The second-order valence-electron chi connectivity index (χ2n) is 4.80. The Balaban J connectivity index is 2.05. The molecule has 1 saturated heterocycles. The summed E-state index contributed by atoms with van der Waals surface area (Å²) in [5, 5.41) is 6.03. The second kappa shape index (κ2) is 6.09. The highest BCUT2D eigenvalue weighted by Gasteiger charge is 2.24. The number of carbonyl (C=O) groups excluding carboxylic acids is 2. The number of nitrogens with zero attached hydrogens (tertiary/aromatic N) is 2. The van der Waals surface area contributed by atoms with Crippen LogP contribution in [0.4, 0.5) is 5.82 Å². The molecule has 2 N–H and O–H groups in total. The van der Waals surface area contributed by atoms with Gasteiger partial charge in [-0.05, 0) is 18.6 Å². The molecular weight excluding hydrogens is 280 g/mol. The number of likely N-dealkylation sites (tertiary alicyclic amines) is 1. The highest BCUT2D eigenvalue weighted by molar-refractivity contribution is 6.29. The van der Waals surface area contributed by atoms with Gasteiger partial charge >= 0.3 is 0 Å². The maximum absolute atomic E-state index is 12.2. The number of pyridine rings is 1. The smallest absolute Gasteiger partial charge is 0.251 e. The monoisotopic (exact) mass is 296 g/mol. The quantitative estimate of drug-likeness (QED) is 0.820. The lowest BCUT2D eigenvalue weighted by atomic mass is 10.1. The van der Waals surface area contributed by atoms with Crippen molar-refractivity contribution in [2.75, 3.05) is 26.0 Å². The third kappa shape index (κ3) is 3.39. The van der Waals surface area contributed by atoms with Crippen molar-refractivity contribution in [3.63, 3.8) is 0 Å². The molecule has 0 saturated carbocycles. The Morgan fingerprint density at radius 2 is 2.25 bits per heavy atom. The third-order valence-electron chi connectivity index (χ3n) is 3.27. The van der Waals surface area contributed by atoms with E-state index >= 15 is 0 Å². The number of likely N-dealkylation sites (N-methyl/N-ethyl adjacent to an activating group) is 1. The summed E-state index contributed by atoms with van der Waals surface area (Å²) in [4.78, 5) is 29.3. The molecule has 1 fully saturated rings. The van der Waals surface area contributed by atoms with Crippen molar-refractivity contribution >= 4 is 29.2 Å². The van der Waals surface area contributed by atoms with E-state index < -0.39 is 0 Å². The summed E-state index contributed by atoms with van der Waals surface area (Å²) < 4.78 is 0. The molecule has 2 rings (SSSR count). The number of hydrogen-bond acceptors (Lipinski definition) is 4. The van der Waals surface area contributed by atoms with Gasteiger partial charge in [-0.1, -0.05) is 11.6 Å². The summed E-state index contributed by atoms with van der Waals surface area (Å²) in [5.74, 6) is 0.442. The number of hydrogen-bond donors (Lipinski definition) is 2. The van der Waals surface area contributed by atoms with Crippen LogP contribution in [0.2, 0.25) is 5.15 Å². The highest BCUT2D eigenvalue weighted by Crippen LogP contribution is 2.15. The topological polar surface area (TPSA) is 74.3 Å². The standard InChI is InChI=1S/C13H17ClN4O2/c1-15-11-6-8(5-10(14)17-11)13(20)16-9-3-4-12(19)18(2)7-9/h5-6,9H,3-4,7H2,1-2H3,(H,15,17)(H,16,20). The molecule has 0 aliphatic carbocycles. The van der Waals surface area contributed by atoms with Crippen molar-refractivity contribution in [2.24, 2.45) is 0 Å². The van der Waals surface area contributed by atoms with Gasteiger partial charge in [-0.15, -0.1) is 0 Å². The van der Waals surface area contributed by atoms with Crippen LogP contribution in [0.5, 0.6) is 0 Å². The van der Waals surface area contributed by atoms with Crippen molar-refractivity contribution in [1.82, 2.24) is 15.2 Å². The molecule has 1 aliphatic rings. The van der Waals surface area contributed by atoms with E-state index in [2.05, 4.69) is 15.6 Å². The molecule has 0 spiro atoms. The summed E-state index contributed by atoms with van der Waals surface area (Å²) in [5.41, 5.74) is 0.453. The predicted molar refractivity (Wildman–Crippen MR) is 76.9 cm³/mol. The largest absolute Gasteiger partial charge is 0.373 e. The van der Waals surface area contributed by atoms with Crippen LogP contribution in [0.1, 0.15) is 23.2 Å². The number of piperidine rings is 1. The first kappa shape index (κ1) is 14.6. The van der Waals surface area contributed by atoms with Crippen LogP contribution in [-0.4, -0.2) is 48.4 Å². The molecule has 6 nitrogen and oxygen atoms in total. The van der Waals surface area contributed by atoms with Gasteiger partial charge in [-0.25, -0.2) is 4.98 Å². The molecule has 1 unspecified atom stereocenters. The molecular formula is C13H17ClN4O2. The van der Waals surface area contributed by atoms with Gasteiger partial charge in [0.05, 0.1) is 0 Å². The summed E-state index contributed by atoms with van der Waals surface area (Å²) in [6.07, 6.45) is 1.12. The minimum absolute atomic E-state index is 0.0322. The average Bonchev–Trinajstić information content (AvgIpc) is 2.42. The van der Waals surface area contributed by atoms with Crippen LogP contribution in [0.15, 0.2) is 12.1 Å². The van der Waals surface area contributed by atoms with Crippen LogP contribution >= 0.6 is 11.6 Å². The predicted octanol–water partition coefficient (Wildman–Crippen LogP) is 1.13. The number of anilines is 1. The minimum atomic E-state index is -0.210. The van der Waals surface area contributed by atoms with E-state index in [0.29, 0.717) is 30.8 Å². The lowest BCUT2D eigenvalue weighted by molar-refractivity contribution is -0.132.